The Labute approximate surface area is 126 Å². The number of aromatic carboxylic acids is 1. The zero-order valence-corrected chi connectivity index (χ0v) is 12.5. The molecule has 1 aromatic carbocycles. The van der Waals surface area contributed by atoms with Gasteiger partial charge in [0.25, 0.3) is 0 Å². The number of hydrogen-bond acceptors (Lipinski definition) is 3. The Bertz CT molecular complexity index is 858. The van der Waals surface area contributed by atoms with E-state index in [0.717, 1.165) is 5.56 Å². The number of carbonyl (C=O) groups is 1. The van der Waals surface area contributed by atoms with Crippen molar-refractivity contribution in [2.75, 3.05) is 0 Å². The van der Waals surface area contributed by atoms with Crippen molar-refractivity contribution in [2.24, 2.45) is 0 Å². The minimum absolute atomic E-state index is 0.202. The predicted molar refractivity (Wildman–Crippen MR) is 84.9 cm³/mol. The van der Waals surface area contributed by atoms with Gasteiger partial charge in [-0.3, -0.25) is 4.40 Å². The third kappa shape index (κ3) is 2.36. The fraction of sp³-hybridized carbons (Fsp3) is 0.125. The number of carboxylic acids is 1. The molecular weight excluding hydrogens is 284 g/mol. The van der Waals surface area contributed by atoms with Crippen LogP contribution in [-0.4, -0.2) is 20.5 Å². The van der Waals surface area contributed by atoms with Crippen LogP contribution >= 0.6 is 11.3 Å². The van der Waals surface area contributed by atoms with Gasteiger partial charge in [0.2, 0.25) is 0 Å². The van der Waals surface area contributed by atoms with Crippen molar-refractivity contribution in [3.8, 4) is 0 Å². The fourth-order valence-corrected chi connectivity index (χ4v) is 2.98. The summed E-state index contributed by atoms with van der Waals surface area (Å²) in [6.45, 7) is 4.11. The number of thiazole rings is 1. The quantitative estimate of drug-likeness (QED) is 0.798. The minimum Gasteiger partial charge on any atom is -0.476 e. The van der Waals surface area contributed by atoms with Crippen molar-refractivity contribution in [1.29, 1.82) is 0 Å². The molecule has 0 radical (unpaired) electrons. The summed E-state index contributed by atoms with van der Waals surface area (Å²) >= 11 is 1.42. The SMILES string of the molecule is Cc1cccc(/C=C/c2nc3sccn3c2C(=O)O)c1C. The Morgan fingerprint density at radius 2 is 2.14 bits per heavy atom. The zero-order chi connectivity index (χ0) is 15.0. The molecule has 0 saturated heterocycles. The molecule has 3 aromatic rings. The van der Waals surface area contributed by atoms with Crippen molar-refractivity contribution in [3.63, 3.8) is 0 Å². The molecule has 0 atom stereocenters. The molecule has 0 spiro atoms. The van der Waals surface area contributed by atoms with Gasteiger partial charge in [-0.25, -0.2) is 9.78 Å². The van der Waals surface area contributed by atoms with Crippen LogP contribution in [0.25, 0.3) is 17.1 Å². The third-order valence-corrected chi connectivity index (χ3v) is 4.32. The summed E-state index contributed by atoms with van der Waals surface area (Å²) in [6.07, 6.45) is 5.41. The highest BCUT2D eigenvalue weighted by Gasteiger charge is 2.17. The summed E-state index contributed by atoms with van der Waals surface area (Å²) in [6, 6.07) is 6.06. The largest absolute Gasteiger partial charge is 0.476 e. The molecule has 3 rings (SSSR count). The molecule has 5 heteroatoms. The molecule has 0 bridgehead atoms. The number of aryl methyl sites for hydroxylation is 1. The van der Waals surface area contributed by atoms with Crippen LogP contribution in [0.5, 0.6) is 0 Å². The van der Waals surface area contributed by atoms with E-state index < -0.39 is 5.97 Å². The second-order valence-electron chi connectivity index (χ2n) is 4.83. The maximum absolute atomic E-state index is 11.4. The molecule has 2 heterocycles. The summed E-state index contributed by atoms with van der Waals surface area (Å²) in [5.74, 6) is -0.971. The summed E-state index contributed by atoms with van der Waals surface area (Å²) in [4.78, 5) is 16.5. The highest BCUT2D eigenvalue weighted by atomic mass is 32.1. The van der Waals surface area contributed by atoms with Gasteiger partial charge in [0, 0.05) is 11.6 Å². The van der Waals surface area contributed by atoms with E-state index in [1.54, 1.807) is 16.7 Å². The van der Waals surface area contributed by atoms with E-state index in [2.05, 4.69) is 24.9 Å². The Kier molecular flexibility index (Phi) is 3.35. The van der Waals surface area contributed by atoms with Crippen molar-refractivity contribution < 1.29 is 9.90 Å². The number of aromatic nitrogens is 2. The summed E-state index contributed by atoms with van der Waals surface area (Å²) in [7, 11) is 0. The number of fused-ring (bicyclic) bond motifs is 1. The molecule has 4 nitrogen and oxygen atoms in total. The van der Waals surface area contributed by atoms with Gasteiger partial charge in [-0.1, -0.05) is 24.3 Å². The summed E-state index contributed by atoms with van der Waals surface area (Å²) in [5.41, 5.74) is 4.15. The van der Waals surface area contributed by atoms with Gasteiger partial charge in [0.15, 0.2) is 10.7 Å². The van der Waals surface area contributed by atoms with Crippen molar-refractivity contribution in [2.45, 2.75) is 13.8 Å². The van der Waals surface area contributed by atoms with Gasteiger partial charge < -0.3 is 5.11 Å². The first-order valence-corrected chi connectivity index (χ1v) is 7.39. The summed E-state index contributed by atoms with van der Waals surface area (Å²) in [5, 5.41) is 11.2. The Morgan fingerprint density at radius 1 is 1.33 bits per heavy atom. The summed E-state index contributed by atoms with van der Waals surface area (Å²) < 4.78 is 1.61. The standard InChI is InChI=1S/C16H14N2O2S/c1-10-4-3-5-12(11(10)2)6-7-13-14(15(19)20)18-8-9-21-16(18)17-13/h3-9H,1-2H3,(H,19,20)/b7-6+. The van der Waals surface area contributed by atoms with E-state index in [0.29, 0.717) is 10.7 Å². The third-order valence-electron chi connectivity index (χ3n) is 3.56. The zero-order valence-electron chi connectivity index (χ0n) is 11.7. The monoisotopic (exact) mass is 298 g/mol. The number of benzene rings is 1. The van der Waals surface area contributed by atoms with Crippen LogP contribution in [0.3, 0.4) is 0 Å². The van der Waals surface area contributed by atoms with Crippen LogP contribution in [0.4, 0.5) is 0 Å². The number of carboxylic acid groups (broad SMARTS) is 1. The van der Waals surface area contributed by atoms with Crippen LogP contribution < -0.4 is 0 Å². The average molecular weight is 298 g/mol. The smallest absolute Gasteiger partial charge is 0.355 e. The first-order chi connectivity index (χ1) is 10.1. The first kappa shape index (κ1) is 13.6. The average Bonchev–Trinajstić information content (AvgIpc) is 3.00. The van der Waals surface area contributed by atoms with E-state index in [4.69, 9.17) is 0 Å². The number of imidazole rings is 1. The van der Waals surface area contributed by atoms with Gasteiger partial charge in [0.05, 0.1) is 5.69 Å². The lowest BCUT2D eigenvalue weighted by atomic mass is 10.0. The Morgan fingerprint density at radius 3 is 2.90 bits per heavy atom. The van der Waals surface area contributed by atoms with Gasteiger partial charge in [-0.2, -0.15) is 0 Å². The van der Waals surface area contributed by atoms with Gasteiger partial charge in [-0.05, 0) is 36.6 Å². The molecular formula is C16H14N2O2S. The lowest BCUT2D eigenvalue weighted by Crippen LogP contribution is -2.02. The molecule has 0 amide bonds. The maximum atomic E-state index is 11.4. The van der Waals surface area contributed by atoms with Crippen LogP contribution in [0.2, 0.25) is 0 Å². The van der Waals surface area contributed by atoms with Crippen LogP contribution in [0, 0.1) is 13.8 Å². The molecule has 0 fully saturated rings. The maximum Gasteiger partial charge on any atom is 0.355 e. The van der Waals surface area contributed by atoms with Gasteiger partial charge in [-0.15, -0.1) is 11.3 Å². The predicted octanol–water partition coefficient (Wildman–Crippen LogP) is 3.88. The van der Waals surface area contributed by atoms with E-state index in [1.807, 2.05) is 23.6 Å². The van der Waals surface area contributed by atoms with Crippen LogP contribution in [0.15, 0.2) is 29.8 Å². The minimum atomic E-state index is -0.971. The molecule has 1 N–H and O–H groups in total. The van der Waals surface area contributed by atoms with E-state index >= 15 is 0 Å². The second-order valence-corrected chi connectivity index (χ2v) is 5.70. The van der Waals surface area contributed by atoms with Gasteiger partial charge in [0.1, 0.15) is 0 Å². The van der Waals surface area contributed by atoms with Crippen molar-refractivity contribution in [3.05, 3.63) is 57.9 Å². The first-order valence-electron chi connectivity index (χ1n) is 6.51. The Balaban J connectivity index is 2.07. The highest BCUT2D eigenvalue weighted by Crippen LogP contribution is 2.21. The van der Waals surface area contributed by atoms with E-state index in [-0.39, 0.29) is 5.69 Å². The van der Waals surface area contributed by atoms with E-state index in [9.17, 15) is 9.90 Å². The van der Waals surface area contributed by atoms with Crippen LogP contribution in [-0.2, 0) is 0 Å². The van der Waals surface area contributed by atoms with Crippen molar-refractivity contribution >= 4 is 34.4 Å². The molecule has 106 valence electrons. The van der Waals surface area contributed by atoms with Gasteiger partial charge >= 0.3 is 5.97 Å². The van der Waals surface area contributed by atoms with Crippen LogP contribution in [0.1, 0.15) is 32.9 Å². The number of rotatable bonds is 3. The number of nitrogens with zero attached hydrogens (tertiary/aromatic N) is 2. The molecule has 0 unspecified atom stereocenters. The number of hydrogen-bond donors (Lipinski definition) is 1. The highest BCUT2D eigenvalue weighted by molar-refractivity contribution is 7.15. The molecule has 0 aliphatic rings. The van der Waals surface area contributed by atoms with Crippen molar-refractivity contribution in [1.82, 2.24) is 9.38 Å². The Hall–Kier alpha value is -2.40. The molecule has 0 aliphatic carbocycles. The van der Waals surface area contributed by atoms with E-state index in [1.165, 1.54) is 22.5 Å². The topological polar surface area (TPSA) is 54.6 Å². The molecule has 2 aromatic heterocycles. The molecule has 0 aliphatic heterocycles. The second kappa shape index (κ2) is 5.18. The fourth-order valence-electron chi connectivity index (χ4n) is 2.25. The lowest BCUT2D eigenvalue weighted by Gasteiger charge is -2.03. The molecule has 21 heavy (non-hydrogen) atoms. The lowest BCUT2D eigenvalue weighted by molar-refractivity contribution is 0.0689. The molecule has 0 saturated carbocycles. The normalized spacial score (nSPS) is 11.5.